The Labute approximate surface area is 163 Å². The van der Waals surface area contributed by atoms with Crippen LogP contribution < -0.4 is 4.74 Å². The lowest BCUT2D eigenvalue weighted by Gasteiger charge is -2.06. The van der Waals surface area contributed by atoms with Crippen LogP contribution in [-0.2, 0) is 0 Å². The van der Waals surface area contributed by atoms with Gasteiger partial charge in [-0.05, 0) is 48.4 Å². The van der Waals surface area contributed by atoms with Crippen molar-refractivity contribution in [2.75, 3.05) is 6.61 Å². The first-order valence-electron chi connectivity index (χ1n) is 9.20. The van der Waals surface area contributed by atoms with Crippen molar-refractivity contribution in [2.24, 2.45) is 0 Å². The van der Waals surface area contributed by atoms with Gasteiger partial charge in [-0.1, -0.05) is 38.3 Å². The minimum Gasteiger partial charge on any atom is -0.494 e. The Hall–Kier alpha value is -2.66. The number of aromatic carboxylic acids is 1. The van der Waals surface area contributed by atoms with E-state index >= 15 is 0 Å². The third-order valence-electron chi connectivity index (χ3n) is 4.29. The van der Waals surface area contributed by atoms with Crippen molar-refractivity contribution < 1.29 is 14.6 Å². The minimum absolute atomic E-state index is 0.286. The maximum absolute atomic E-state index is 11.0. The summed E-state index contributed by atoms with van der Waals surface area (Å²) in [5.41, 5.74) is 2.30. The standard InChI is InChI=1S/C22H23NO3S/c1-2-3-4-5-14-26-19-12-10-17(11-13-19)21-23-15-20(27-21)16-6-8-18(9-7-16)22(24)25/h6-13,15H,2-5,14H2,1H3,(H,24,25). The number of hydrogen-bond donors (Lipinski definition) is 1. The van der Waals surface area contributed by atoms with Crippen molar-refractivity contribution in [3.63, 3.8) is 0 Å². The molecule has 4 nitrogen and oxygen atoms in total. The number of aromatic nitrogens is 1. The van der Waals surface area contributed by atoms with E-state index in [1.54, 1.807) is 23.5 Å². The molecule has 0 amide bonds. The summed E-state index contributed by atoms with van der Waals surface area (Å²) in [6.07, 6.45) is 6.62. The number of benzene rings is 2. The molecule has 3 aromatic rings. The number of thiazole rings is 1. The van der Waals surface area contributed by atoms with Crippen LogP contribution in [0.1, 0.15) is 43.0 Å². The number of nitrogens with zero attached hydrogens (tertiary/aromatic N) is 1. The molecule has 1 heterocycles. The molecule has 3 rings (SSSR count). The third-order valence-corrected chi connectivity index (χ3v) is 5.39. The highest BCUT2D eigenvalue weighted by Crippen LogP contribution is 2.32. The Kier molecular flexibility index (Phi) is 6.60. The number of hydrogen-bond acceptors (Lipinski definition) is 4. The van der Waals surface area contributed by atoms with E-state index in [-0.39, 0.29) is 5.56 Å². The molecule has 5 heteroatoms. The molecule has 0 fully saturated rings. The first kappa shape index (κ1) is 19.1. The van der Waals surface area contributed by atoms with E-state index in [0.29, 0.717) is 0 Å². The number of carboxylic acid groups (broad SMARTS) is 1. The summed E-state index contributed by atoms with van der Waals surface area (Å²) in [5, 5.41) is 9.93. The van der Waals surface area contributed by atoms with Crippen LogP contribution in [0.4, 0.5) is 0 Å². The van der Waals surface area contributed by atoms with Gasteiger partial charge in [-0.3, -0.25) is 0 Å². The number of ether oxygens (including phenoxy) is 1. The van der Waals surface area contributed by atoms with E-state index in [4.69, 9.17) is 9.84 Å². The van der Waals surface area contributed by atoms with Gasteiger partial charge in [0.2, 0.25) is 0 Å². The molecule has 2 aromatic carbocycles. The highest BCUT2D eigenvalue weighted by Gasteiger charge is 2.08. The predicted octanol–water partition coefficient (Wildman–Crippen LogP) is 6.13. The Morgan fingerprint density at radius 2 is 1.70 bits per heavy atom. The lowest BCUT2D eigenvalue weighted by atomic mass is 10.1. The van der Waals surface area contributed by atoms with Gasteiger partial charge in [0.05, 0.1) is 17.0 Å². The fourth-order valence-corrected chi connectivity index (χ4v) is 3.66. The quantitative estimate of drug-likeness (QED) is 0.453. The van der Waals surface area contributed by atoms with Crippen LogP contribution in [0.15, 0.2) is 54.7 Å². The Bertz CT molecular complexity index is 869. The molecule has 1 aromatic heterocycles. The second-order valence-corrected chi connectivity index (χ2v) is 7.38. The number of carboxylic acids is 1. The fourth-order valence-electron chi connectivity index (χ4n) is 2.73. The number of carbonyl (C=O) groups is 1. The molecule has 1 N–H and O–H groups in total. The summed E-state index contributed by atoms with van der Waals surface area (Å²) >= 11 is 1.59. The van der Waals surface area contributed by atoms with Crippen LogP contribution in [0.2, 0.25) is 0 Å². The van der Waals surface area contributed by atoms with Crippen LogP contribution in [0.25, 0.3) is 21.0 Å². The minimum atomic E-state index is -0.917. The normalized spacial score (nSPS) is 10.7. The maximum Gasteiger partial charge on any atom is 0.335 e. The SMILES string of the molecule is CCCCCCOc1ccc(-c2ncc(-c3ccc(C(=O)O)cc3)s2)cc1. The molecule has 0 radical (unpaired) electrons. The molecule has 0 aliphatic carbocycles. The van der Waals surface area contributed by atoms with Crippen LogP contribution in [0.3, 0.4) is 0 Å². The van der Waals surface area contributed by atoms with Gasteiger partial charge in [0.15, 0.2) is 0 Å². The smallest absolute Gasteiger partial charge is 0.335 e. The van der Waals surface area contributed by atoms with Gasteiger partial charge in [-0.25, -0.2) is 9.78 Å². The van der Waals surface area contributed by atoms with Gasteiger partial charge in [-0.15, -0.1) is 11.3 Å². The lowest BCUT2D eigenvalue weighted by molar-refractivity contribution is 0.0697. The maximum atomic E-state index is 11.0. The second-order valence-electron chi connectivity index (χ2n) is 6.35. The summed E-state index contributed by atoms with van der Waals surface area (Å²) in [5.74, 6) is -0.0319. The van der Waals surface area contributed by atoms with Gasteiger partial charge in [0.25, 0.3) is 0 Å². The van der Waals surface area contributed by atoms with Gasteiger partial charge in [-0.2, -0.15) is 0 Å². The zero-order valence-corrected chi connectivity index (χ0v) is 16.2. The topological polar surface area (TPSA) is 59.4 Å². The molecule has 0 atom stereocenters. The van der Waals surface area contributed by atoms with Crippen molar-refractivity contribution in [1.29, 1.82) is 0 Å². The molecule has 0 aliphatic heterocycles. The van der Waals surface area contributed by atoms with Crippen molar-refractivity contribution in [3.05, 3.63) is 60.3 Å². The summed E-state index contributed by atoms with van der Waals surface area (Å²) in [4.78, 5) is 16.5. The Morgan fingerprint density at radius 1 is 1.00 bits per heavy atom. The summed E-state index contributed by atoms with van der Waals surface area (Å²) in [6.45, 7) is 2.96. The molecule has 0 spiro atoms. The first-order chi connectivity index (χ1) is 13.2. The van der Waals surface area contributed by atoms with Crippen LogP contribution in [0.5, 0.6) is 5.75 Å². The zero-order chi connectivity index (χ0) is 19.1. The largest absolute Gasteiger partial charge is 0.494 e. The van der Waals surface area contributed by atoms with Crippen molar-refractivity contribution in [2.45, 2.75) is 32.6 Å². The number of rotatable bonds is 9. The summed E-state index contributed by atoms with van der Waals surface area (Å²) in [6, 6.07) is 14.9. The summed E-state index contributed by atoms with van der Waals surface area (Å²) < 4.78 is 5.78. The van der Waals surface area contributed by atoms with Crippen LogP contribution >= 0.6 is 11.3 Å². The van der Waals surface area contributed by atoms with E-state index in [0.717, 1.165) is 39.8 Å². The lowest BCUT2D eigenvalue weighted by Crippen LogP contribution is -1.96. The summed E-state index contributed by atoms with van der Waals surface area (Å²) in [7, 11) is 0. The van der Waals surface area contributed by atoms with Crippen molar-refractivity contribution >= 4 is 17.3 Å². The molecule has 0 saturated carbocycles. The number of unbranched alkanes of at least 4 members (excludes halogenated alkanes) is 3. The van der Waals surface area contributed by atoms with Crippen molar-refractivity contribution in [1.82, 2.24) is 4.98 Å². The molecule has 0 aliphatic rings. The molecular weight excluding hydrogens is 358 g/mol. The van der Waals surface area contributed by atoms with E-state index in [1.165, 1.54) is 19.3 Å². The van der Waals surface area contributed by atoms with E-state index in [2.05, 4.69) is 11.9 Å². The highest BCUT2D eigenvalue weighted by atomic mass is 32.1. The molecule has 0 saturated heterocycles. The predicted molar refractivity (Wildman–Crippen MR) is 110 cm³/mol. The zero-order valence-electron chi connectivity index (χ0n) is 15.4. The molecule has 27 heavy (non-hydrogen) atoms. The second kappa shape index (κ2) is 9.33. The van der Waals surface area contributed by atoms with Crippen LogP contribution in [0, 0.1) is 0 Å². The Morgan fingerprint density at radius 3 is 2.37 bits per heavy atom. The Balaban J connectivity index is 1.63. The van der Waals surface area contributed by atoms with Crippen LogP contribution in [-0.4, -0.2) is 22.7 Å². The fraction of sp³-hybridized carbons (Fsp3) is 0.273. The molecular formula is C22H23NO3S. The van der Waals surface area contributed by atoms with E-state index in [9.17, 15) is 4.79 Å². The molecule has 140 valence electrons. The van der Waals surface area contributed by atoms with Gasteiger partial charge in [0.1, 0.15) is 10.8 Å². The van der Waals surface area contributed by atoms with Gasteiger partial charge >= 0.3 is 5.97 Å². The first-order valence-corrected chi connectivity index (χ1v) is 10.0. The van der Waals surface area contributed by atoms with E-state index < -0.39 is 5.97 Å². The van der Waals surface area contributed by atoms with Crippen molar-refractivity contribution in [3.8, 4) is 26.8 Å². The highest BCUT2D eigenvalue weighted by molar-refractivity contribution is 7.18. The monoisotopic (exact) mass is 381 g/mol. The molecule has 0 unspecified atom stereocenters. The van der Waals surface area contributed by atoms with Gasteiger partial charge in [0, 0.05) is 11.8 Å². The molecule has 0 bridgehead atoms. The van der Waals surface area contributed by atoms with Gasteiger partial charge < -0.3 is 9.84 Å². The average molecular weight is 381 g/mol. The van der Waals surface area contributed by atoms with E-state index in [1.807, 2.05) is 42.6 Å². The average Bonchev–Trinajstić information content (AvgIpc) is 3.18. The third kappa shape index (κ3) is 5.17.